The van der Waals surface area contributed by atoms with Crippen molar-refractivity contribution in [2.75, 3.05) is 0 Å². The summed E-state index contributed by atoms with van der Waals surface area (Å²) in [6.45, 7) is 2.32. The fourth-order valence-corrected chi connectivity index (χ4v) is 12.6. The number of hydrogen-bond donors (Lipinski definition) is 0. The number of hydrogen-bond acceptors (Lipinski definition) is 0. The van der Waals surface area contributed by atoms with Crippen LogP contribution in [0.5, 0.6) is 0 Å². The number of halogens is 2. The Bertz CT molecular complexity index is 1120. The molecule has 1 aliphatic carbocycles. The van der Waals surface area contributed by atoms with Gasteiger partial charge in [0, 0.05) is 0 Å². The van der Waals surface area contributed by atoms with E-state index in [0.717, 1.165) is 11.1 Å². The summed E-state index contributed by atoms with van der Waals surface area (Å²) in [6, 6.07) is 28.7. The molecule has 3 aromatic rings. The Kier molecular flexibility index (Phi) is 7.76. The van der Waals surface area contributed by atoms with Crippen LogP contribution < -0.4 is 5.19 Å². The monoisotopic (exact) mass is 502 g/mol. The van der Waals surface area contributed by atoms with Gasteiger partial charge in [-0.2, -0.15) is 0 Å². The van der Waals surface area contributed by atoms with Crippen LogP contribution in [0.15, 0.2) is 72.8 Å². The average molecular weight is 503 g/mol. The molecule has 0 bridgehead atoms. The second kappa shape index (κ2) is 11.0. The summed E-state index contributed by atoms with van der Waals surface area (Å²) in [5.41, 5.74) is 3.65. The van der Waals surface area contributed by atoms with E-state index in [2.05, 4.69) is 61.5 Å². The Morgan fingerprint density at radius 2 is 1.42 bits per heavy atom. The van der Waals surface area contributed by atoms with Crippen molar-refractivity contribution in [1.82, 2.24) is 0 Å². The lowest BCUT2D eigenvalue weighted by Gasteiger charge is -2.49. The standard InChI is InChI=1S/C33H40F2Si/c1-2-3-7-22-36(30-8-5-4-6-9-30)23-20-33(21-24-36)18-16-28(17-19-33)26-10-12-27(13-11-26)29-14-15-31(34)32(35)25-29/h4-6,8-15,25,28H,2-3,7,16-24H2,1H3. The highest BCUT2D eigenvalue weighted by atomic mass is 28.3. The van der Waals surface area contributed by atoms with Gasteiger partial charge < -0.3 is 0 Å². The molecule has 0 amide bonds. The molecule has 1 heterocycles. The van der Waals surface area contributed by atoms with Crippen molar-refractivity contribution in [3.05, 3.63) is 90.0 Å². The van der Waals surface area contributed by atoms with Gasteiger partial charge >= 0.3 is 0 Å². The molecular weight excluding hydrogens is 462 g/mol. The second-order valence-corrected chi connectivity index (χ2v) is 16.3. The molecule has 3 heteroatoms. The molecule has 2 fully saturated rings. The van der Waals surface area contributed by atoms with Crippen LogP contribution in [-0.4, -0.2) is 8.07 Å². The highest BCUT2D eigenvalue weighted by Gasteiger charge is 2.45. The molecule has 3 aromatic carbocycles. The van der Waals surface area contributed by atoms with Gasteiger partial charge in [0.05, 0.1) is 8.07 Å². The quantitative estimate of drug-likeness (QED) is 0.223. The Morgan fingerprint density at radius 3 is 2.06 bits per heavy atom. The maximum absolute atomic E-state index is 13.7. The zero-order valence-electron chi connectivity index (χ0n) is 21.7. The van der Waals surface area contributed by atoms with Crippen LogP contribution in [-0.2, 0) is 0 Å². The van der Waals surface area contributed by atoms with Crippen molar-refractivity contribution in [2.45, 2.75) is 88.8 Å². The molecule has 0 nitrogen and oxygen atoms in total. The number of benzene rings is 3. The van der Waals surface area contributed by atoms with E-state index in [9.17, 15) is 8.78 Å². The Hall–Kier alpha value is -2.26. The first-order chi connectivity index (χ1) is 17.5. The van der Waals surface area contributed by atoms with Crippen molar-refractivity contribution in [3.63, 3.8) is 0 Å². The third-order valence-corrected chi connectivity index (χ3v) is 14.9. The topological polar surface area (TPSA) is 0 Å². The van der Waals surface area contributed by atoms with Crippen LogP contribution in [0.4, 0.5) is 8.78 Å². The molecule has 1 spiro atoms. The van der Waals surface area contributed by atoms with E-state index >= 15 is 0 Å². The fraction of sp³-hybridized carbons (Fsp3) is 0.455. The van der Waals surface area contributed by atoms with Crippen LogP contribution in [0.25, 0.3) is 11.1 Å². The fourth-order valence-electron chi connectivity index (χ4n) is 7.13. The first-order valence-corrected chi connectivity index (χ1v) is 16.8. The number of unbranched alkanes of at least 4 members (excludes halogenated alkanes) is 2. The van der Waals surface area contributed by atoms with Gasteiger partial charge in [-0.1, -0.05) is 110 Å². The Labute approximate surface area is 217 Å². The summed E-state index contributed by atoms with van der Waals surface area (Å²) in [5.74, 6) is -0.956. The van der Waals surface area contributed by atoms with Crippen molar-refractivity contribution in [2.24, 2.45) is 5.41 Å². The van der Waals surface area contributed by atoms with E-state index in [1.54, 1.807) is 11.3 Å². The molecule has 0 atom stereocenters. The lowest BCUT2D eigenvalue weighted by molar-refractivity contribution is 0.151. The first kappa shape index (κ1) is 25.4. The van der Waals surface area contributed by atoms with Gasteiger partial charge in [0.1, 0.15) is 0 Å². The Morgan fingerprint density at radius 1 is 0.750 bits per heavy atom. The van der Waals surface area contributed by atoms with E-state index in [1.165, 1.54) is 93.6 Å². The molecule has 0 aromatic heterocycles. The molecule has 0 unspecified atom stereocenters. The third kappa shape index (κ3) is 5.37. The van der Waals surface area contributed by atoms with Gasteiger partial charge in [0.15, 0.2) is 11.6 Å². The molecule has 36 heavy (non-hydrogen) atoms. The van der Waals surface area contributed by atoms with Gasteiger partial charge in [0.2, 0.25) is 0 Å². The van der Waals surface area contributed by atoms with E-state index in [-0.39, 0.29) is 0 Å². The molecule has 0 radical (unpaired) electrons. The van der Waals surface area contributed by atoms with Crippen LogP contribution in [0.2, 0.25) is 18.1 Å². The predicted octanol–water partition coefficient (Wildman–Crippen LogP) is 9.62. The maximum Gasteiger partial charge on any atom is 0.159 e. The third-order valence-electron chi connectivity index (χ3n) is 9.59. The van der Waals surface area contributed by atoms with Crippen LogP contribution in [0.3, 0.4) is 0 Å². The highest BCUT2D eigenvalue weighted by Crippen LogP contribution is 2.53. The molecule has 2 aliphatic rings. The molecule has 1 saturated carbocycles. The normalized spacial score (nSPS) is 26.2. The summed E-state index contributed by atoms with van der Waals surface area (Å²) >= 11 is 0. The van der Waals surface area contributed by atoms with Crippen LogP contribution in [0.1, 0.15) is 76.2 Å². The Balaban J connectivity index is 1.21. The smallest absolute Gasteiger partial charge is 0.159 e. The second-order valence-electron chi connectivity index (χ2n) is 11.6. The minimum Gasteiger partial charge on any atom is -0.204 e. The SMILES string of the molecule is CCCCC[Si]1(c2ccccc2)CCC2(CCC(c3ccc(-c4ccc(F)c(F)c4)cc3)CC2)CC1. The molecule has 190 valence electrons. The minimum absolute atomic E-state index is 0.568. The molecule has 1 saturated heterocycles. The minimum atomic E-state index is -1.38. The molecule has 5 rings (SSSR count). The summed E-state index contributed by atoms with van der Waals surface area (Å²) in [4.78, 5) is 0. The van der Waals surface area contributed by atoms with Gasteiger partial charge in [-0.15, -0.1) is 0 Å². The average Bonchev–Trinajstić information content (AvgIpc) is 2.93. The highest BCUT2D eigenvalue weighted by molar-refractivity contribution is 6.92. The lowest BCUT2D eigenvalue weighted by atomic mass is 9.66. The zero-order valence-corrected chi connectivity index (χ0v) is 22.7. The zero-order chi connectivity index (χ0) is 25.0. The summed E-state index contributed by atoms with van der Waals surface area (Å²) < 4.78 is 27.0. The van der Waals surface area contributed by atoms with E-state index in [0.29, 0.717) is 11.3 Å². The van der Waals surface area contributed by atoms with Crippen LogP contribution >= 0.6 is 0 Å². The lowest BCUT2D eigenvalue weighted by Crippen LogP contribution is -2.52. The van der Waals surface area contributed by atoms with E-state index in [1.807, 2.05) is 0 Å². The first-order valence-electron chi connectivity index (χ1n) is 14.1. The molecule has 1 aliphatic heterocycles. The number of rotatable bonds is 7. The van der Waals surface area contributed by atoms with Gasteiger partial charge in [-0.05, 0) is 78.7 Å². The van der Waals surface area contributed by atoms with Crippen LogP contribution in [0, 0.1) is 17.0 Å². The van der Waals surface area contributed by atoms with Crippen molar-refractivity contribution < 1.29 is 8.78 Å². The molecular formula is C33H40F2Si. The van der Waals surface area contributed by atoms with Crippen molar-refractivity contribution in [1.29, 1.82) is 0 Å². The van der Waals surface area contributed by atoms with Gasteiger partial charge in [0.25, 0.3) is 0 Å². The van der Waals surface area contributed by atoms with Gasteiger partial charge in [-0.25, -0.2) is 8.78 Å². The molecule has 0 N–H and O–H groups in total. The van der Waals surface area contributed by atoms with E-state index in [4.69, 9.17) is 0 Å². The maximum atomic E-state index is 13.7. The predicted molar refractivity (Wildman–Crippen MR) is 150 cm³/mol. The largest absolute Gasteiger partial charge is 0.204 e. The van der Waals surface area contributed by atoms with Gasteiger partial charge in [-0.3, -0.25) is 0 Å². The van der Waals surface area contributed by atoms with Crippen molar-refractivity contribution in [3.8, 4) is 11.1 Å². The van der Waals surface area contributed by atoms with E-state index < -0.39 is 19.7 Å². The summed E-state index contributed by atoms with van der Waals surface area (Å²) in [7, 11) is -1.38. The van der Waals surface area contributed by atoms with Crippen molar-refractivity contribution >= 4 is 13.3 Å². The summed E-state index contributed by atoms with van der Waals surface area (Å²) in [5, 5.41) is 1.71. The summed E-state index contributed by atoms with van der Waals surface area (Å²) in [6.07, 6.45) is 12.2.